The number of carbonyl (C=O) groups is 1. The van der Waals surface area contributed by atoms with E-state index in [1.807, 2.05) is 7.05 Å². The molecule has 1 amide bonds. The van der Waals surface area contributed by atoms with Gasteiger partial charge >= 0.3 is 0 Å². The fourth-order valence-electron chi connectivity index (χ4n) is 2.68. The maximum absolute atomic E-state index is 13.2. The average molecular weight is 345 g/mol. The van der Waals surface area contributed by atoms with Crippen molar-refractivity contribution < 1.29 is 23.1 Å². The van der Waals surface area contributed by atoms with Crippen LogP contribution in [0.15, 0.2) is 12.1 Å². The lowest BCUT2D eigenvalue weighted by Crippen LogP contribution is -2.49. The molecule has 0 aliphatic carbocycles. The first kappa shape index (κ1) is 18.7. The third-order valence-corrected chi connectivity index (χ3v) is 4.13. The number of hydrogen-bond donors (Lipinski definition) is 1. The molecule has 24 heavy (non-hydrogen) atoms. The first-order chi connectivity index (χ1) is 11.3. The summed E-state index contributed by atoms with van der Waals surface area (Å²) in [6, 6.07) is 1.31. The number of β-amino-alcohol motifs (C(OH)–C–C–N with tert-alkyl or cyclic N) is 1. The zero-order valence-electron chi connectivity index (χ0n) is 13.8. The number of likely N-dealkylation sites (N-methyl/N-ethyl adjacent to an activating group) is 2. The molecule has 134 valence electrons. The first-order valence-corrected chi connectivity index (χ1v) is 7.77. The Morgan fingerprint density at radius 1 is 1.21 bits per heavy atom. The monoisotopic (exact) mass is 345 g/mol. The number of rotatable bonds is 5. The van der Waals surface area contributed by atoms with Gasteiger partial charge in [-0.1, -0.05) is 0 Å². The second kappa shape index (κ2) is 7.96. The van der Waals surface area contributed by atoms with Gasteiger partial charge in [0, 0.05) is 51.9 Å². The van der Waals surface area contributed by atoms with E-state index in [1.54, 1.807) is 0 Å². The minimum Gasteiger partial charge on any atom is -0.390 e. The standard InChI is InChI=1S/C16H22F3N3O2/c1-20-3-5-22(6-4-20)10-12(23)9-21(2)16(24)11-7-13(17)15(19)14(18)8-11/h7-8,12,23H,3-6,9-10H2,1-2H3. The minimum absolute atomic E-state index is 0.0196. The highest BCUT2D eigenvalue weighted by Gasteiger charge is 2.22. The molecule has 0 spiro atoms. The van der Waals surface area contributed by atoms with Crippen molar-refractivity contribution in [3.05, 3.63) is 35.1 Å². The number of carbonyl (C=O) groups excluding carboxylic acids is 1. The maximum Gasteiger partial charge on any atom is 0.253 e. The van der Waals surface area contributed by atoms with Crippen LogP contribution in [0.5, 0.6) is 0 Å². The normalized spacial score (nSPS) is 17.8. The van der Waals surface area contributed by atoms with Gasteiger partial charge in [0.2, 0.25) is 0 Å². The van der Waals surface area contributed by atoms with Gasteiger partial charge in [-0.05, 0) is 19.2 Å². The van der Waals surface area contributed by atoms with Crippen LogP contribution in [-0.2, 0) is 0 Å². The minimum atomic E-state index is -1.61. The van der Waals surface area contributed by atoms with Gasteiger partial charge in [-0.25, -0.2) is 13.2 Å². The van der Waals surface area contributed by atoms with Crippen LogP contribution in [-0.4, -0.2) is 85.2 Å². The Balaban J connectivity index is 1.91. The molecule has 1 aromatic rings. The lowest BCUT2D eigenvalue weighted by molar-refractivity contribution is 0.0501. The molecule has 0 bridgehead atoms. The van der Waals surface area contributed by atoms with Crippen LogP contribution in [0.25, 0.3) is 0 Å². The molecule has 1 saturated heterocycles. The van der Waals surface area contributed by atoms with Crippen molar-refractivity contribution in [2.45, 2.75) is 6.10 Å². The second-order valence-electron chi connectivity index (χ2n) is 6.20. The topological polar surface area (TPSA) is 47.0 Å². The molecular formula is C16H22F3N3O2. The van der Waals surface area contributed by atoms with Crippen LogP contribution in [0.3, 0.4) is 0 Å². The lowest BCUT2D eigenvalue weighted by Gasteiger charge is -2.34. The fourth-order valence-corrected chi connectivity index (χ4v) is 2.68. The summed E-state index contributed by atoms with van der Waals surface area (Å²) in [5.74, 6) is -5.11. The number of benzene rings is 1. The van der Waals surface area contributed by atoms with E-state index in [0.717, 1.165) is 26.2 Å². The van der Waals surface area contributed by atoms with Crippen LogP contribution in [0.2, 0.25) is 0 Å². The van der Waals surface area contributed by atoms with Gasteiger partial charge in [-0.15, -0.1) is 0 Å². The molecule has 1 aliphatic rings. The average Bonchev–Trinajstić information content (AvgIpc) is 2.53. The summed E-state index contributed by atoms with van der Waals surface area (Å²) in [4.78, 5) is 17.6. The number of piperazine rings is 1. The third kappa shape index (κ3) is 4.68. The van der Waals surface area contributed by atoms with Crippen LogP contribution >= 0.6 is 0 Å². The molecule has 1 atom stereocenters. The van der Waals surface area contributed by atoms with Gasteiger partial charge in [0.25, 0.3) is 5.91 Å². The van der Waals surface area contributed by atoms with Gasteiger partial charge in [-0.3, -0.25) is 9.69 Å². The molecule has 1 fully saturated rings. The van der Waals surface area contributed by atoms with E-state index in [2.05, 4.69) is 9.80 Å². The fraction of sp³-hybridized carbons (Fsp3) is 0.562. The zero-order valence-corrected chi connectivity index (χ0v) is 13.8. The Labute approximate surface area is 139 Å². The summed E-state index contributed by atoms with van der Waals surface area (Å²) in [6.45, 7) is 3.92. The predicted octanol–water partition coefficient (Wildman–Crippen LogP) is 0.784. The largest absolute Gasteiger partial charge is 0.390 e. The van der Waals surface area contributed by atoms with E-state index in [0.29, 0.717) is 18.7 Å². The number of amides is 1. The summed E-state index contributed by atoms with van der Waals surface area (Å²) in [7, 11) is 3.45. The molecule has 0 saturated carbocycles. The quantitative estimate of drug-likeness (QED) is 0.802. The summed E-state index contributed by atoms with van der Waals surface area (Å²) in [5.41, 5.74) is -0.291. The Kier molecular flexibility index (Phi) is 6.20. The van der Waals surface area contributed by atoms with Gasteiger partial charge in [0.05, 0.1) is 6.10 Å². The molecule has 0 aromatic heterocycles. The van der Waals surface area contributed by atoms with Crippen LogP contribution in [0, 0.1) is 17.5 Å². The number of aliphatic hydroxyl groups excluding tert-OH is 1. The molecule has 8 heteroatoms. The number of aliphatic hydroxyl groups is 1. The Morgan fingerprint density at radius 3 is 2.29 bits per heavy atom. The van der Waals surface area contributed by atoms with E-state index in [4.69, 9.17) is 0 Å². The Hall–Kier alpha value is -1.64. The van der Waals surface area contributed by atoms with Gasteiger partial charge in [0.1, 0.15) is 0 Å². The van der Waals surface area contributed by atoms with Crippen LogP contribution < -0.4 is 0 Å². The van der Waals surface area contributed by atoms with E-state index in [-0.39, 0.29) is 12.1 Å². The van der Waals surface area contributed by atoms with Crippen LogP contribution in [0.1, 0.15) is 10.4 Å². The third-order valence-electron chi connectivity index (χ3n) is 4.13. The van der Waals surface area contributed by atoms with E-state index < -0.39 is 29.5 Å². The zero-order chi connectivity index (χ0) is 17.9. The first-order valence-electron chi connectivity index (χ1n) is 7.77. The summed E-state index contributed by atoms with van der Waals surface area (Å²) >= 11 is 0. The van der Waals surface area contributed by atoms with Crippen molar-refractivity contribution in [1.29, 1.82) is 0 Å². The molecule has 1 aromatic carbocycles. The highest BCUT2D eigenvalue weighted by Crippen LogP contribution is 2.15. The van der Waals surface area contributed by atoms with E-state index >= 15 is 0 Å². The van der Waals surface area contributed by atoms with Crippen molar-refractivity contribution in [3.8, 4) is 0 Å². The maximum atomic E-state index is 13.2. The molecule has 1 heterocycles. The summed E-state index contributed by atoms with van der Waals surface area (Å²) in [6.07, 6.45) is -0.780. The van der Waals surface area contributed by atoms with Crippen molar-refractivity contribution in [2.24, 2.45) is 0 Å². The number of nitrogens with zero attached hydrogens (tertiary/aromatic N) is 3. The van der Waals surface area contributed by atoms with Crippen molar-refractivity contribution in [2.75, 3.05) is 53.4 Å². The van der Waals surface area contributed by atoms with Crippen molar-refractivity contribution >= 4 is 5.91 Å². The lowest BCUT2D eigenvalue weighted by atomic mass is 10.1. The molecule has 1 aliphatic heterocycles. The smallest absolute Gasteiger partial charge is 0.253 e. The van der Waals surface area contributed by atoms with Crippen LogP contribution in [0.4, 0.5) is 13.2 Å². The van der Waals surface area contributed by atoms with E-state index in [1.165, 1.54) is 11.9 Å². The molecular weight excluding hydrogens is 323 g/mol. The van der Waals surface area contributed by atoms with Gasteiger partial charge in [-0.2, -0.15) is 0 Å². The van der Waals surface area contributed by atoms with E-state index in [9.17, 15) is 23.1 Å². The highest BCUT2D eigenvalue weighted by molar-refractivity contribution is 5.94. The number of halogens is 3. The molecule has 1 N–H and O–H groups in total. The van der Waals surface area contributed by atoms with Gasteiger partial charge in [0.15, 0.2) is 17.5 Å². The SMILES string of the molecule is CN1CCN(CC(O)CN(C)C(=O)c2cc(F)c(F)c(F)c2)CC1. The highest BCUT2D eigenvalue weighted by atomic mass is 19.2. The Bertz CT molecular complexity index is 569. The van der Waals surface area contributed by atoms with Gasteiger partial charge < -0.3 is 14.9 Å². The van der Waals surface area contributed by atoms with Crippen molar-refractivity contribution in [1.82, 2.24) is 14.7 Å². The number of hydrogen-bond acceptors (Lipinski definition) is 4. The predicted molar refractivity (Wildman–Crippen MR) is 83.2 cm³/mol. The second-order valence-corrected chi connectivity index (χ2v) is 6.20. The molecule has 0 radical (unpaired) electrons. The summed E-state index contributed by atoms with van der Waals surface area (Å²) in [5, 5.41) is 10.1. The van der Waals surface area contributed by atoms with Crippen molar-refractivity contribution in [3.63, 3.8) is 0 Å². The summed E-state index contributed by atoms with van der Waals surface area (Å²) < 4.78 is 39.4. The molecule has 1 unspecified atom stereocenters. The molecule has 5 nitrogen and oxygen atoms in total. The molecule has 2 rings (SSSR count). The Morgan fingerprint density at radius 2 is 1.75 bits per heavy atom.